The van der Waals surface area contributed by atoms with Gasteiger partial charge in [-0.25, -0.2) is 0 Å². The molecule has 1 aromatic rings. The van der Waals surface area contributed by atoms with Crippen molar-refractivity contribution < 1.29 is 24.5 Å². The largest absolute Gasteiger partial charge is 0.540 e. The molecule has 1 aliphatic heterocycles. The first-order chi connectivity index (χ1) is 12.5. The highest BCUT2D eigenvalue weighted by atomic mass is 32.2. The highest BCUT2D eigenvalue weighted by molar-refractivity contribution is 7.30. The number of nitrogens with zero attached hydrogens (tertiary/aromatic N) is 1. The van der Waals surface area contributed by atoms with Crippen LogP contribution < -0.4 is 5.11 Å². The highest BCUT2D eigenvalue weighted by Crippen LogP contribution is 2.27. The molecule has 1 N–H and O–H groups in total. The molecule has 2 heterocycles. The lowest BCUT2D eigenvalue weighted by atomic mass is 10.1. The minimum Gasteiger partial charge on any atom is -0.540 e. The molecular formula is C19H29NO5S. The molecule has 2 rings (SSSR count). The van der Waals surface area contributed by atoms with Crippen LogP contribution in [0.5, 0.6) is 0 Å². The molecule has 26 heavy (non-hydrogen) atoms. The summed E-state index contributed by atoms with van der Waals surface area (Å²) in [5, 5.41) is 22.9. The molecule has 1 unspecified atom stereocenters. The van der Waals surface area contributed by atoms with Crippen molar-refractivity contribution in [3.63, 3.8) is 0 Å². The maximum atomic E-state index is 12.1. The van der Waals surface area contributed by atoms with Crippen LogP contribution in [0.1, 0.15) is 61.5 Å². The van der Waals surface area contributed by atoms with Gasteiger partial charge in [0, 0.05) is 29.5 Å². The van der Waals surface area contributed by atoms with E-state index in [1.54, 1.807) is 12.1 Å². The molecule has 1 aromatic heterocycles. The molecule has 1 amide bonds. The number of thiophene rings is 1. The van der Waals surface area contributed by atoms with Gasteiger partial charge in [0.25, 0.3) is 0 Å². The van der Waals surface area contributed by atoms with Gasteiger partial charge in [-0.1, -0.05) is 26.2 Å². The van der Waals surface area contributed by atoms with E-state index in [2.05, 4.69) is 6.92 Å². The summed E-state index contributed by atoms with van der Waals surface area (Å²) in [6, 6.07) is 3.27. The number of carboxylic acid groups (broad SMARTS) is 1. The van der Waals surface area contributed by atoms with E-state index >= 15 is 0 Å². The fraction of sp³-hybridized carbons (Fsp3) is 0.684. The summed E-state index contributed by atoms with van der Waals surface area (Å²) in [5.74, 6) is -0.747. The summed E-state index contributed by atoms with van der Waals surface area (Å²) >= 11 is 0. The minimum atomic E-state index is -1.16. The van der Waals surface area contributed by atoms with Crippen LogP contribution in [0, 0.1) is 0 Å². The standard InChI is InChI=1S/C19H29NO5S/c1-2-3-4-6-16(21)10-11-20-15(8-9-18(20)22)13-25-14-26-12-5-7-17(26)19(23)24/h5,7,12,15-16,21H,2-4,6,8-11,13-14H2,1H3/t15-,16+,26?/m1/s1. The molecule has 1 fully saturated rings. The van der Waals surface area contributed by atoms with Gasteiger partial charge in [0.2, 0.25) is 11.8 Å². The molecule has 6 nitrogen and oxygen atoms in total. The Balaban J connectivity index is 1.76. The Hall–Kier alpha value is -1.44. The molecule has 0 aliphatic carbocycles. The molecule has 1 aliphatic rings. The third kappa shape index (κ3) is 6.07. The van der Waals surface area contributed by atoms with Crippen molar-refractivity contribution in [1.29, 1.82) is 0 Å². The fourth-order valence-corrected chi connectivity index (χ4v) is 4.63. The van der Waals surface area contributed by atoms with Gasteiger partial charge in [0.15, 0.2) is 4.88 Å². The Morgan fingerprint density at radius 3 is 3.00 bits per heavy atom. The van der Waals surface area contributed by atoms with Crippen molar-refractivity contribution in [3.8, 4) is 0 Å². The number of aromatic carboxylic acids is 1. The number of ether oxygens (including phenoxy) is 1. The average molecular weight is 384 g/mol. The number of hydrogen-bond donors (Lipinski definition) is 1. The smallest absolute Gasteiger partial charge is 0.229 e. The zero-order chi connectivity index (χ0) is 18.9. The van der Waals surface area contributed by atoms with Crippen molar-refractivity contribution in [2.45, 2.75) is 70.0 Å². The molecular weight excluding hydrogens is 354 g/mol. The quantitative estimate of drug-likeness (QED) is 0.441. The number of aliphatic hydroxyl groups excluding tert-OH is 1. The number of amides is 1. The normalized spacial score (nSPS) is 19.2. The molecule has 0 radical (unpaired) electrons. The van der Waals surface area contributed by atoms with Crippen LogP contribution in [0.2, 0.25) is 0 Å². The van der Waals surface area contributed by atoms with Crippen LogP contribution in [0.3, 0.4) is 0 Å². The topological polar surface area (TPSA) is 89.9 Å². The number of carboxylic acids is 1. The summed E-state index contributed by atoms with van der Waals surface area (Å²) in [5.41, 5.74) is 0. The molecule has 3 atom stereocenters. The van der Waals surface area contributed by atoms with Gasteiger partial charge < -0.3 is 24.6 Å². The van der Waals surface area contributed by atoms with E-state index in [-0.39, 0.29) is 22.9 Å². The minimum absolute atomic E-state index is 0.0101. The summed E-state index contributed by atoms with van der Waals surface area (Å²) in [7, 11) is -0.578. The van der Waals surface area contributed by atoms with E-state index in [0.717, 1.165) is 32.1 Å². The van der Waals surface area contributed by atoms with Crippen molar-refractivity contribution in [3.05, 3.63) is 22.4 Å². The lowest BCUT2D eigenvalue weighted by Crippen LogP contribution is -2.38. The summed E-state index contributed by atoms with van der Waals surface area (Å²) in [6.45, 7) is 3.08. The Morgan fingerprint density at radius 1 is 1.46 bits per heavy atom. The van der Waals surface area contributed by atoms with Crippen molar-refractivity contribution in [2.75, 3.05) is 13.2 Å². The average Bonchev–Trinajstić information content (AvgIpc) is 3.21. The number of aliphatic hydroxyl groups is 1. The Labute approximate surface area is 157 Å². The van der Waals surface area contributed by atoms with Crippen LogP contribution in [-0.2, 0) is 15.5 Å². The zero-order valence-corrected chi connectivity index (χ0v) is 16.2. The van der Waals surface area contributed by atoms with Crippen molar-refractivity contribution in [1.82, 2.24) is 4.90 Å². The van der Waals surface area contributed by atoms with Crippen molar-refractivity contribution in [2.24, 2.45) is 0 Å². The van der Waals surface area contributed by atoms with E-state index in [9.17, 15) is 19.8 Å². The molecule has 146 valence electrons. The second-order valence-electron chi connectivity index (χ2n) is 6.78. The Bertz CT molecular complexity index is 588. The number of likely N-dealkylation sites (tertiary alicyclic amines) is 1. The van der Waals surface area contributed by atoms with E-state index in [0.29, 0.717) is 31.9 Å². The Morgan fingerprint density at radius 2 is 2.27 bits per heavy atom. The predicted molar refractivity (Wildman–Crippen MR) is 98.7 cm³/mol. The first kappa shape index (κ1) is 20.9. The second-order valence-corrected chi connectivity index (χ2v) is 8.59. The SMILES string of the molecule is CCCCC[C@H](O)CCN1C(=O)CC[C@@H]1COC[s+]1cccc1C(=O)[O-]. The third-order valence-electron chi connectivity index (χ3n) is 4.79. The predicted octanol–water partition coefficient (Wildman–Crippen LogP) is 2.10. The van der Waals surface area contributed by atoms with Gasteiger partial charge in [-0.15, -0.1) is 0 Å². The molecule has 7 heteroatoms. The number of unbranched alkanes of at least 4 members (excludes halogenated alkanes) is 2. The first-order valence-corrected chi connectivity index (χ1v) is 10.8. The fourth-order valence-electron chi connectivity index (χ4n) is 3.27. The van der Waals surface area contributed by atoms with E-state index < -0.39 is 16.4 Å². The number of carbonyl (C=O) groups excluding carboxylic acids is 2. The third-order valence-corrected chi connectivity index (χ3v) is 6.57. The van der Waals surface area contributed by atoms with Crippen LogP contribution >= 0.6 is 10.5 Å². The summed E-state index contributed by atoms with van der Waals surface area (Å²) < 4.78 is 5.72. The summed E-state index contributed by atoms with van der Waals surface area (Å²) in [4.78, 5) is 25.2. The monoisotopic (exact) mass is 383 g/mol. The van der Waals surface area contributed by atoms with Crippen LogP contribution in [-0.4, -0.2) is 47.2 Å². The van der Waals surface area contributed by atoms with Crippen LogP contribution in [0.15, 0.2) is 17.5 Å². The van der Waals surface area contributed by atoms with Gasteiger partial charge >= 0.3 is 0 Å². The molecule has 0 saturated carbocycles. The summed E-state index contributed by atoms with van der Waals surface area (Å²) in [6.07, 6.45) is 5.53. The lowest BCUT2D eigenvalue weighted by Gasteiger charge is -2.25. The zero-order valence-electron chi connectivity index (χ0n) is 15.4. The van der Waals surface area contributed by atoms with E-state index in [1.807, 2.05) is 10.3 Å². The van der Waals surface area contributed by atoms with Gasteiger partial charge in [-0.3, -0.25) is 4.79 Å². The molecule has 0 aromatic carbocycles. The molecule has 1 saturated heterocycles. The van der Waals surface area contributed by atoms with Gasteiger partial charge in [0.05, 0.1) is 18.8 Å². The number of hydrogen-bond acceptors (Lipinski definition) is 5. The first-order valence-electron chi connectivity index (χ1n) is 9.37. The van der Waals surface area contributed by atoms with Gasteiger partial charge in [-0.05, 0) is 25.3 Å². The number of carbonyl (C=O) groups is 2. The molecule has 0 spiro atoms. The van der Waals surface area contributed by atoms with E-state index in [4.69, 9.17) is 4.74 Å². The van der Waals surface area contributed by atoms with Gasteiger partial charge in [0.1, 0.15) is 11.3 Å². The highest BCUT2D eigenvalue weighted by Gasteiger charge is 2.31. The van der Waals surface area contributed by atoms with Crippen LogP contribution in [0.25, 0.3) is 0 Å². The Kier molecular flexibility index (Phi) is 8.54. The van der Waals surface area contributed by atoms with Crippen LogP contribution in [0.4, 0.5) is 0 Å². The van der Waals surface area contributed by atoms with E-state index in [1.165, 1.54) is 0 Å². The maximum Gasteiger partial charge on any atom is 0.229 e. The number of rotatable bonds is 12. The van der Waals surface area contributed by atoms with Crippen molar-refractivity contribution >= 4 is 22.3 Å². The second kappa shape index (κ2) is 10.6. The maximum absolute atomic E-state index is 12.1. The lowest BCUT2D eigenvalue weighted by molar-refractivity contribution is -0.254. The van der Waals surface area contributed by atoms with Gasteiger partial charge in [-0.2, -0.15) is 0 Å². The molecule has 0 bridgehead atoms.